The summed E-state index contributed by atoms with van der Waals surface area (Å²) >= 11 is 0. The predicted octanol–water partition coefficient (Wildman–Crippen LogP) is 3.38. The van der Waals surface area contributed by atoms with Crippen LogP contribution in [-0.4, -0.2) is 50.2 Å². The molecule has 0 amide bonds. The molecule has 27 heavy (non-hydrogen) atoms. The number of rotatable bonds is 9. The van der Waals surface area contributed by atoms with Gasteiger partial charge in [-0.1, -0.05) is 24.6 Å². The Morgan fingerprint density at radius 1 is 1.33 bits per heavy atom. The highest BCUT2D eigenvalue weighted by Crippen LogP contribution is 2.23. The maximum atomic E-state index is 12.6. The van der Waals surface area contributed by atoms with Crippen LogP contribution in [0.3, 0.4) is 0 Å². The molecular weight excluding hydrogens is 350 g/mol. The van der Waals surface area contributed by atoms with Crippen molar-refractivity contribution < 1.29 is 13.5 Å². The number of likely N-dealkylation sites (tertiary alicyclic amines) is 1. The summed E-state index contributed by atoms with van der Waals surface area (Å²) in [6.07, 6.45) is 2.38. The average molecular weight is 382 g/mol. The van der Waals surface area contributed by atoms with Crippen LogP contribution in [0.15, 0.2) is 23.2 Å². The molecule has 0 spiro atoms. The number of nitrogens with one attached hydrogen (secondary N) is 2. The molecule has 0 saturated carbocycles. The van der Waals surface area contributed by atoms with E-state index in [1.54, 1.807) is 12.1 Å². The van der Waals surface area contributed by atoms with E-state index in [9.17, 15) is 8.78 Å². The summed E-state index contributed by atoms with van der Waals surface area (Å²) < 4.78 is 29.8. The highest BCUT2D eigenvalue weighted by molar-refractivity contribution is 5.79. The molecule has 1 aromatic carbocycles. The predicted molar refractivity (Wildman–Crippen MR) is 105 cm³/mol. The van der Waals surface area contributed by atoms with Crippen molar-refractivity contribution >= 4 is 5.96 Å². The number of guanidine groups is 1. The molecule has 1 unspecified atom stereocenters. The van der Waals surface area contributed by atoms with Crippen LogP contribution in [0.1, 0.15) is 37.8 Å². The summed E-state index contributed by atoms with van der Waals surface area (Å²) in [5.74, 6) is 1.49. The molecule has 0 radical (unpaired) electrons. The third-order valence-electron chi connectivity index (χ3n) is 4.65. The van der Waals surface area contributed by atoms with E-state index in [4.69, 9.17) is 0 Å². The number of benzene rings is 1. The normalized spacial score (nSPS) is 18.1. The molecule has 1 atom stereocenters. The van der Waals surface area contributed by atoms with Crippen LogP contribution in [-0.2, 0) is 6.54 Å². The number of nitrogens with zero attached hydrogens (tertiary/aromatic N) is 2. The Labute approximate surface area is 161 Å². The molecule has 2 N–H and O–H groups in total. The first-order valence-corrected chi connectivity index (χ1v) is 9.80. The van der Waals surface area contributed by atoms with Crippen LogP contribution >= 0.6 is 0 Å². The Balaban J connectivity index is 1.96. The molecule has 1 aliphatic rings. The van der Waals surface area contributed by atoms with Gasteiger partial charge in [-0.15, -0.1) is 0 Å². The zero-order valence-electron chi connectivity index (χ0n) is 16.6. The van der Waals surface area contributed by atoms with Gasteiger partial charge in [0, 0.05) is 25.2 Å². The number of halogens is 2. The van der Waals surface area contributed by atoms with Gasteiger partial charge in [0.1, 0.15) is 5.75 Å². The van der Waals surface area contributed by atoms with Crippen LogP contribution in [0.25, 0.3) is 0 Å². The zero-order chi connectivity index (χ0) is 19.6. The summed E-state index contributed by atoms with van der Waals surface area (Å²) in [5.41, 5.74) is 1.64. The van der Waals surface area contributed by atoms with Gasteiger partial charge >= 0.3 is 6.61 Å². The van der Waals surface area contributed by atoms with Crippen LogP contribution < -0.4 is 15.4 Å². The van der Waals surface area contributed by atoms with Gasteiger partial charge in [-0.2, -0.15) is 8.78 Å². The van der Waals surface area contributed by atoms with Crippen molar-refractivity contribution in [1.82, 2.24) is 15.5 Å². The SMILES string of the molecule is CCCN1CCC(CNC(=NCc2cc(C)ccc2OC(F)F)NCC)C1. The molecule has 1 fully saturated rings. The third-order valence-corrected chi connectivity index (χ3v) is 4.65. The van der Waals surface area contributed by atoms with Crippen LogP contribution in [0, 0.1) is 12.8 Å². The Kier molecular flexibility index (Phi) is 8.78. The van der Waals surface area contributed by atoms with Gasteiger partial charge in [-0.05, 0) is 51.8 Å². The zero-order valence-corrected chi connectivity index (χ0v) is 16.6. The first-order valence-electron chi connectivity index (χ1n) is 9.80. The van der Waals surface area contributed by atoms with Crippen molar-refractivity contribution in [2.75, 3.05) is 32.7 Å². The summed E-state index contributed by atoms with van der Waals surface area (Å²) in [6, 6.07) is 5.18. The van der Waals surface area contributed by atoms with Gasteiger partial charge in [0.05, 0.1) is 6.54 Å². The Morgan fingerprint density at radius 2 is 2.15 bits per heavy atom. The topological polar surface area (TPSA) is 48.9 Å². The molecule has 0 aromatic heterocycles. The highest BCUT2D eigenvalue weighted by atomic mass is 19.3. The monoisotopic (exact) mass is 382 g/mol. The van der Waals surface area contributed by atoms with Gasteiger partial charge < -0.3 is 20.3 Å². The van der Waals surface area contributed by atoms with Crippen molar-refractivity contribution in [1.29, 1.82) is 0 Å². The molecule has 1 saturated heterocycles. The lowest BCUT2D eigenvalue weighted by Crippen LogP contribution is -2.40. The molecule has 0 aliphatic carbocycles. The van der Waals surface area contributed by atoms with Gasteiger partial charge in [-0.3, -0.25) is 0 Å². The molecular formula is C20H32F2N4O. The minimum atomic E-state index is -2.84. The lowest BCUT2D eigenvalue weighted by molar-refractivity contribution is -0.0504. The maximum absolute atomic E-state index is 12.6. The third kappa shape index (κ3) is 7.33. The second kappa shape index (κ2) is 11.1. The van der Waals surface area contributed by atoms with Gasteiger partial charge in [0.15, 0.2) is 5.96 Å². The second-order valence-electron chi connectivity index (χ2n) is 7.02. The van der Waals surface area contributed by atoms with Crippen LogP contribution in [0.2, 0.25) is 0 Å². The molecule has 152 valence electrons. The smallest absolute Gasteiger partial charge is 0.387 e. The highest BCUT2D eigenvalue weighted by Gasteiger charge is 2.21. The number of hydrogen-bond acceptors (Lipinski definition) is 3. The van der Waals surface area contributed by atoms with E-state index in [2.05, 4.69) is 32.2 Å². The van der Waals surface area contributed by atoms with Crippen LogP contribution in [0.4, 0.5) is 8.78 Å². The van der Waals surface area contributed by atoms with E-state index in [-0.39, 0.29) is 12.3 Å². The van der Waals surface area contributed by atoms with Crippen LogP contribution in [0.5, 0.6) is 5.75 Å². The van der Waals surface area contributed by atoms with E-state index in [0.717, 1.165) is 38.3 Å². The van der Waals surface area contributed by atoms with Crippen molar-refractivity contribution in [3.8, 4) is 5.75 Å². The number of aryl methyl sites for hydroxylation is 1. The molecule has 0 bridgehead atoms. The second-order valence-corrected chi connectivity index (χ2v) is 7.02. The fourth-order valence-electron chi connectivity index (χ4n) is 3.39. The van der Waals surface area contributed by atoms with Gasteiger partial charge in [-0.25, -0.2) is 4.99 Å². The largest absolute Gasteiger partial charge is 0.434 e. The first kappa shape index (κ1) is 21.4. The lowest BCUT2D eigenvalue weighted by Gasteiger charge is -2.17. The molecule has 1 aromatic rings. The van der Waals surface area contributed by atoms with Crippen molar-refractivity contribution in [3.05, 3.63) is 29.3 Å². The van der Waals surface area contributed by atoms with E-state index in [1.165, 1.54) is 12.8 Å². The molecule has 2 rings (SSSR count). The average Bonchev–Trinajstić information content (AvgIpc) is 3.07. The van der Waals surface area contributed by atoms with E-state index >= 15 is 0 Å². The fraction of sp³-hybridized carbons (Fsp3) is 0.650. The molecule has 1 heterocycles. The van der Waals surface area contributed by atoms with Crippen molar-refractivity contribution in [3.63, 3.8) is 0 Å². The van der Waals surface area contributed by atoms with Crippen molar-refractivity contribution in [2.45, 2.75) is 46.8 Å². The minimum absolute atomic E-state index is 0.182. The van der Waals surface area contributed by atoms with E-state index in [1.807, 2.05) is 19.9 Å². The molecule has 5 nitrogen and oxygen atoms in total. The summed E-state index contributed by atoms with van der Waals surface area (Å²) in [6.45, 7) is 8.62. The lowest BCUT2D eigenvalue weighted by atomic mass is 10.1. The Bertz CT molecular complexity index is 610. The maximum Gasteiger partial charge on any atom is 0.387 e. The Morgan fingerprint density at radius 3 is 2.85 bits per heavy atom. The Hall–Kier alpha value is -1.89. The van der Waals surface area contributed by atoms with Gasteiger partial charge in [0.2, 0.25) is 0 Å². The van der Waals surface area contributed by atoms with E-state index in [0.29, 0.717) is 17.4 Å². The van der Waals surface area contributed by atoms with E-state index < -0.39 is 6.61 Å². The standard InChI is InChI=1S/C20H32F2N4O/c1-4-9-26-10-8-16(14-26)12-24-20(23-5-2)25-13-17-11-15(3)6-7-18(17)27-19(21)22/h6-7,11,16,19H,4-5,8-10,12-14H2,1-3H3,(H2,23,24,25). The quantitative estimate of drug-likeness (QED) is 0.508. The summed E-state index contributed by atoms with van der Waals surface area (Å²) in [7, 11) is 0. The molecule has 7 heteroatoms. The number of ether oxygens (including phenoxy) is 1. The summed E-state index contributed by atoms with van der Waals surface area (Å²) in [5, 5.41) is 6.62. The first-order chi connectivity index (χ1) is 13.0. The number of hydrogen-bond donors (Lipinski definition) is 2. The minimum Gasteiger partial charge on any atom is -0.434 e. The molecule has 1 aliphatic heterocycles. The number of aliphatic imine (C=N–C) groups is 1. The summed E-state index contributed by atoms with van der Waals surface area (Å²) in [4.78, 5) is 7.06. The van der Waals surface area contributed by atoms with Gasteiger partial charge in [0.25, 0.3) is 0 Å². The number of alkyl halides is 2. The van der Waals surface area contributed by atoms with Crippen molar-refractivity contribution in [2.24, 2.45) is 10.9 Å². The fourth-order valence-corrected chi connectivity index (χ4v) is 3.39.